The van der Waals surface area contributed by atoms with Crippen LogP contribution in [0.4, 0.5) is 5.95 Å². The van der Waals surface area contributed by atoms with E-state index in [1.807, 2.05) is 6.07 Å². The van der Waals surface area contributed by atoms with Gasteiger partial charge in [-0.1, -0.05) is 46.0 Å². The number of hydrogen-bond acceptors (Lipinski definition) is 6. The molecule has 1 aromatic heterocycles. The number of rotatable bonds is 7. The summed E-state index contributed by atoms with van der Waals surface area (Å²) in [7, 11) is 3.30. The summed E-state index contributed by atoms with van der Waals surface area (Å²) < 4.78 is 12.8. The number of aromatic nitrogens is 4. The van der Waals surface area contributed by atoms with Gasteiger partial charge in [-0.15, -0.1) is 0 Å². The molecule has 0 saturated carbocycles. The van der Waals surface area contributed by atoms with E-state index in [9.17, 15) is 0 Å². The molecule has 3 rings (SSSR count). The molecule has 0 saturated heterocycles. The van der Waals surface area contributed by atoms with Crippen LogP contribution in [0.1, 0.15) is 11.1 Å². The molecule has 0 amide bonds. The lowest BCUT2D eigenvalue weighted by Gasteiger charge is -2.15. The summed E-state index contributed by atoms with van der Waals surface area (Å²) in [6, 6.07) is 8.84. The predicted molar refractivity (Wildman–Crippen MR) is 105 cm³/mol. The van der Waals surface area contributed by atoms with E-state index in [2.05, 4.69) is 20.8 Å². The number of methoxy groups -OCH3 is 1. The number of nitrogens with one attached hydrogen (secondary N) is 1. The third kappa shape index (κ3) is 4.74. The third-order valence-electron chi connectivity index (χ3n) is 3.75. The van der Waals surface area contributed by atoms with Gasteiger partial charge in [0.05, 0.1) is 12.1 Å². The minimum absolute atomic E-state index is 0.230. The van der Waals surface area contributed by atoms with Crippen LogP contribution in [0.2, 0.25) is 15.1 Å². The monoisotopic (exact) mass is 427 g/mol. The van der Waals surface area contributed by atoms with Crippen molar-refractivity contribution in [2.45, 2.75) is 13.2 Å². The molecule has 0 aliphatic carbocycles. The highest BCUT2D eigenvalue weighted by atomic mass is 35.5. The van der Waals surface area contributed by atoms with Gasteiger partial charge in [-0.05, 0) is 40.3 Å². The molecule has 0 fully saturated rings. The van der Waals surface area contributed by atoms with Gasteiger partial charge in [0.1, 0.15) is 6.61 Å². The van der Waals surface area contributed by atoms with Crippen molar-refractivity contribution in [2.75, 3.05) is 12.4 Å². The van der Waals surface area contributed by atoms with Crippen molar-refractivity contribution in [1.82, 2.24) is 20.2 Å². The molecule has 1 N–H and O–H groups in total. The number of tetrazole rings is 1. The molecule has 142 valence electrons. The molecule has 0 bridgehead atoms. The molecule has 0 unspecified atom stereocenters. The summed E-state index contributed by atoms with van der Waals surface area (Å²) in [4.78, 5) is 0. The Kier molecular flexibility index (Phi) is 6.26. The number of anilines is 1. The predicted octanol–water partition coefficient (Wildman–Crippen LogP) is 4.37. The van der Waals surface area contributed by atoms with E-state index in [-0.39, 0.29) is 6.61 Å². The summed E-state index contributed by atoms with van der Waals surface area (Å²) in [5.41, 5.74) is 1.68. The third-order valence-corrected chi connectivity index (χ3v) is 4.61. The molecule has 0 aliphatic rings. The number of benzene rings is 2. The van der Waals surface area contributed by atoms with Crippen molar-refractivity contribution < 1.29 is 9.47 Å². The molecular formula is C17H16Cl3N5O2. The largest absolute Gasteiger partial charge is 0.493 e. The molecule has 7 nitrogen and oxygen atoms in total. The summed E-state index contributed by atoms with van der Waals surface area (Å²) in [6.07, 6.45) is 0. The zero-order chi connectivity index (χ0) is 19.4. The highest BCUT2D eigenvalue weighted by Gasteiger charge is 2.14. The van der Waals surface area contributed by atoms with Crippen molar-refractivity contribution >= 4 is 40.8 Å². The first-order valence-corrected chi connectivity index (χ1v) is 9.00. The van der Waals surface area contributed by atoms with E-state index >= 15 is 0 Å². The van der Waals surface area contributed by atoms with Gasteiger partial charge in [0.2, 0.25) is 5.95 Å². The van der Waals surface area contributed by atoms with Crippen LogP contribution in [0.5, 0.6) is 11.5 Å². The van der Waals surface area contributed by atoms with E-state index in [1.165, 1.54) is 4.68 Å². The van der Waals surface area contributed by atoms with Crippen molar-refractivity contribution in [1.29, 1.82) is 0 Å². The standard InChI is InChI=1S/C17H16Cl3N5O2/c1-25-17(22-23-24-25)21-8-10-5-14(20)16(15(6-10)26-2)27-9-11-3-4-12(18)7-13(11)19/h3-7H,8-9H2,1-2H3,(H,21,22,24). The van der Waals surface area contributed by atoms with Gasteiger partial charge in [-0.25, -0.2) is 4.68 Å². The second kappa shape index (κ2) is 8.65. The maximum Gasteiger partial charge on any atom is 0.242 e. The lowest BCUT2D eigenvalue weighted by molar-refractivity contribution is 0.284. The minimum atomic E-state index is 0.230. The Balaban J connectivity index is 1.74. The number of ether oxygens (including phenoxy) is 2. The van der Waals surface area contributed by atoms with E-state index in [1.54, 1.807) is 38.4 Å². The Hall–Kier alpha value is -2.22. The van der Waals surface area contributed by atoms with E-state index < -0.39 is 0 Å². The summed E-state index contributed by atoms with van der Waals surface area (Å²) in [5.74, 6) is 1.50. The number of halogens is 3. The van der Waals surface area contributed by atoms with E-state index in [0.717, 1.165) is 11.1 Å². The summed E-state index contributed by atoms with van der Waals surface area (Å²) in [6.45, 7) is 0.696. The van der Waals surface area contributed by atoms with Crippen molar-refractivity contribution in [3.05, 3.63) is 56.5 Å². The highest BCUT2D eigenvalue weighted by molar-refractivity contribution is 6.35. The van der Waals surface area contributed by atoms with Crippen LogP contribution in [0, 0.1) is 0 Å². The first-order chi connectivity index (χ1) is 13.0. The van der Waals surface area contributed by atoms with Crippen LogP contribution >= 0.6 is 34.8 Å². The maximum atomic E-state index is 6.40. The molecule has 1 heterocycles. The fourth-order valence-corrected chi connectivity index (χ4v) is 3.12. The molecule has 27 heavy (non-hydrogen) atoms. The molecule has 0 atom stereocenters. The van der Waals surface area contributed by atoms with Crippen LogP contribution in [0.3, 0.4) is 0 Å². The molecule has 2 aromatic carbocycles. The van der Waals surface area contributed by atoms with Gasteiger partial charge < -0.3 is 14.8 Å². The van der Waals surface area contributed by atoms with Crippen LogP contribution in [0.25, 0.3) is 0 Å². The summed E-state index contributed by atoms with van der Waals surface area (Å²) in [5, 5.41) is 15.8. The minimum Gasteiger partial charge on any atom is -0.493 e. The molecule has 0 radical (unpaired) electrons. The number of hydrogen-bond donors (Lipinski definition) is 1. The second-order valence-corrected chi connectivity index (χ2v) is 6.86. The smallest absolute Gasteiger partial charge is 0.242 e. The first kappa shape index (κ1) is 19.5. The highest BCUT2D eigenvalue weighted by Crippen LogP contribution is 2.37. The maximum absolute atomic E-state index is 6.40. The lowest BCUT2D eigenvalue weighted by atomic mass is 10.2. The van der Waals surface area contributed by atoms with Crippen LogP contribution < -0.4 is 14.8 Å². The van der Waals surface area contributed by atoms with Gasteiger partial charge in [-0.2, -0.15) is 0 Å². The average molecular weight is 429 g/mol. The zero-order valence-electron chi connectivity index (χ0n) is 14.5. The second-order valence-electron chi connectivity index (χ2n) is 5.61. The molecule has 0 spiro atoms. The van der Waals surface area contributed by atoms with Crippen molar-refractivity contribution in [3.63, 3.8) is 0 Å². The van der Waals surface area contributed by atoms with Gasteiger partial charge >= 0.3 is 0 Å². The Bertz CT molecular complexity index is 948. The van der Waals surface area contributed by atoms with Crippen LogP contribution in [-0.2, 0) is 20.2 Å². The quantitative estimate of drug-likeness (QED) is 0.602. The van der Waals surface area contributed by atoms with Gasteiger partial charge in [0, 0.05) is 29.2 Å². The van der Waals surface area contributed by atoms with Gasteiger partial charge in [0.25, 0.3) is 0 Å². The topological polar surface area (TPSA) is 74.1 Å². The zero-order valence-corrected chi connectivity index (χ0v) is 16.8. The molecule has 10 heteroatoms. The Morgan fingerprint density at radius 2 is 1.93 bits per heavy atom. The molecular weight excluding hydrogens is 413 g/mol. The fourth-order valence-electron chi connectivity index (χ4n) is 2.36. The number of nitrogens with zero attached hydrogens (tertiary/aromatic N) is 4. The molecule has 0 aliphatic heterocycles. The molecule has 3 aromatic rings. The van der Waals surface area contributed by atoms with E-state index in [0.29, 0.717) is 39.1 Å². The lowest BCUT2D eigenvalue weighted by Crippen LogP contribution is -2.06. The van der Waals surface area contributed by atoms with Crippen molar-refractivity contribution in [3.8, 4) is 11.5 Å². The Labute approximate surface area is 171 Å². The van der Waals surface area contributed by atoms with Crippen LogP contribution in [0.15, 0.2) is 30.3 Å². The summed E-state index contributed by atoms with van der Waals surface area (Å²) >= 11 is 18.5. The normalized spacial score (nSPS) is 10.7. The van der Waals surface area contributed by atoms with Gasteiger partial charge in [-0.3, -0.25) is 0 Å². The van der Waals surface area contributed by atoms with Gasteiger partial charge in [0.15, 0.2) is 11.5 Å². The first-order valence-electron chi connectivity index (χ1n) is 7.87. The van der Waals surface area contributed by atoms with Crippen molar-refractivity contribution in [2.24, 2.45) is 7.05 Å². The van der Waals surface area contributed by atoms with Crippen LogP contribution in [-0.4, -0.2) is 27.3 Å². The Morgan fingerprint density at radius 3 is 2.59 bits per heavy atom. The Morgan fingerprint density at radius 1 is 1.11 bits per heavy atom. The SMILES string of the molecule is COc1cc(CNc2nnnn2C)cc(Cl)c1OCc1ccc(Cl)cc1Cl. The van der Waals surface area contributed by atoms with E-state index in [4.69, 9.17) is 44.3 Å². The fraction of sp³-hybridized carbons (Fsp3) is 0.235. The number of aryl methyl sites for hydroxylation is 1. The average Bonchev–Trinajstić information content (AvgIpc) is 3.05.